The molecule has 0 radical (unpaired) electrons. The molecule has 10 heteroatoms. The molecular formula is C26H30ClF3N4O2. The van der Waals surface area contributed by atoms with Crippen molar-refractivity contribution in [2.45, 2.75) is 51.4 Å². The van der Waals surface area contributed by atoms with Crippen molar-refractivity contribution >= 4 is 23.4 Å². The number of rotatable bonds is 5. The van der Waals surface area contributed by atoms with E-state index in [2.05, 4.69) is 22.1 Å². The Hall–Kier alpha value is -2.65. The average Bonchev–Trinajstić information content (AvgIpc) is 2.87. The van der Waals surface area contributed by atoms with Crippen molar-refractivity contribution in [2.24, 2.45) is 5.92 Å². The lowest BCUT2D eigenvalue weighted by molar-refractivity contribution is -0.137. The molecule has 0 spiro atoms. The largest absolute Gasteiger partial charge is 0.417 e. The molecule has 2 saturated heterocycles. The first-order valence-corrected chi connectivity index (χ1v) is 12.6. The summed E-state index contributed by atoms with van der Waals surface area (Å²) in [5.41, 5.74) is -0.157. The van der Waals surface area contributed by atoms with Gasteiger partial charge in [0.1, 0.15) is 0 Å². The van der Waals surface area contributed by atoms with Crippen LogP contribution in [0.3, 0.4) is 0 Å². The molecule has 194 valence electrons. The third-order valence-corrected chi connectivity index (χ3v) is 7.30. The van der Waals surface area contributed by atoms with Gasteiger partial charge in [-0.15, -0.1) is 0 Å². The third kappa shape index (κ3) is 6.37. The number of halogens is 4. The Labute approximate surface area is 213 Å². The number of benzene rings is 1. The molecule has 4 rings (SSSR count). The van der Waals surface area contributed by atoms with Crippen LogP contribution in [0, 0.1) is 5.92 Å². The van der Waals surface area contributed by atoms with Gasteiger partial charge in [0.2, 0.25) is 0 Å². The quantitative estimate of drug-likeness (QED) is 0.599. The highest BCUT2D eigenvalue weighted by Gasteiger charge is 2.34. The first kappa shape index (κ1) is 26.4. The van der Waals surface area contributed by atoms with Crippen molar-refractivity contribution in [3.05, 3.63) is 63.9 Å². The van der Waals surface area contributed by atoms with Gasteiger partial charge in [0.05, 0.1) is 22.8 Å². The molecule has 1 aromatic carbocycles. The lowest BCUT2D eigenvalue weighted by atomic mass is 9.95. The molecule has 2 fully saturated rings. The average molecular weight is 523 g/mol. The van der Waals surface area contributed by atoms with Crippen LogP contribution >= 0.6 is 11.6 Å². The zero-order valence-electron chi connectivity index (χ0n) is 20.2. The topological polar surface area (TPSA) is 65.5 Å². The van der Waals surface area contributed by atoms with Crippen LogP contribution in [0.15, 0.2) is 36.5 Å². The predicted molar refractivity (Wildman–Crippen MR) is 131 cm³/mol. The molecule has 2 amide bonds. The second-order valence-electron chi connectivity index (χ2n) is 9.68. The maximum Gasteiger partial charge on any atom is 0.417 e. The van der Waals surface area contributed by atoms with E-state index in [4.69, 9.17) is 11.6 Å². The van der Waals surface area contributed by atoms with E-state index in [1.54, 1.807) is 24.3 Å². The number of carbonyl (C=O) groups excluding carboxylic acids is 2. The lowest BCUT2D eigenvalue weighted by Crippen LogP contribution is -2.49. The number of pyridine rings is 1. The summed E-state index contributed by atoms with van der Waals surface area (Å²) in [6, 6.07) is 7.65. The Bertz CT molecular complexity index is 1090. The van der Waals surface area contributed by atoms with Gasteiger partial charge in [-0.3, -0.25) is 19.5 Å². The van der Waals surface area contributed by atoms with Gasteiger partial charge in [0.25, 0.3) is 11.8 Å². The van der Waals surface area contributed by atoms with E-state index in [0.29, 0.717) is 30.3 Å². The second-order valence-corrected chi connectivity index (χ2v) is 10.1. The number of nitrogens with one attached hydrogen (secondary N) is 1. The van der Waals surface area contributed by atoms with Crippen LogP contribution in [0.5, 0.6) is 0 Å². The Morgan fingerprint density at radius 3 is 2.39 bits per heavy atom. The fourth-order valence-corrected chi connectivity index (χ4v) is 5.22. The molecule has 6 nitrogen and oxygen atoms in total. The van der Waals surface area contributed by atoms with Crippen LogP contribution in [0.1, 0.15) is 64.6 Å². The minimum Gasteiger partial charge on any atom is -0.346 e. The summed E-state index contributed by atoms with van der Waals surface area (Å²) in [7, 11) is 0. The van der Waals surface area contributed by atoms with Crippen LogP contribution < -0.4 is 5.32 Å². The molecule has 1 N–H and O–H groups in total. The first-order valence-electron chi connectivity index (χ1n) is 12.2. The zero-order valence-corrected chi connectivity index (χ0v) is 20.9. The molecular weight excluding hydrogens is 493 g/mol. The molecule has 0 bridgehead atoms. The highest BCUT2D eigenvalue weighted by Crippen LogP contribution is 2.34. The molecule has 36 heavy (non-hydrogen) atoms. The number of aromatic nitrogens is 1. The van der Waals surface area contributed by atoms with Gasteiger partial charge in [-0.2, -0.15) is 13.2 Å². The fraction of sp³-hybridized carbons (Fsp3) is 0.500. The molecule has 2 aromatic rings. The number of likely N-dealkylation sites (tertiary alicyclic amines) is 2. The summed E-state index contributed by atoms with van der Waals surface area (Å²) in [5.74, 6) is 0.197. The number of alkyl halides is 3. The van der Waals surface area contributed by atoms with Gasteiger partial charge in [0.15, 0.2) is 0 Å². The number of hydrogen-bond donors (Lipinski definition) is 1. The van der Waals surface area contributed by atoms with Crippen molar-refractivity contribution in [3.8, 4) is 0 Å². The number of carbonyl (C=O) groups is 2. The van der Waals surface area contributed by atoms with Gasteiger partial charge in [-0.25, -0.2) is 0 Å². The highest BCUT2D eigenvalue weighted by atomic mass is 35.5. The maximum absolute atomic E-state index is 13.0. The van der Waals surface area contributed by atoms with Gasteiger partial charge in [-0.1, -0.05) is 18.5 Å². The minimum absolute atomic E-state index is 0.0364. The minimum atomic E-state index is -4.61. The normalized spacial score (nSPS) is 19.8. The summed E-state index contributed by atoms with van der Waals surface area (Å²) < 4.78 is 39.0. The molecule has 2 aliphatic rings. The van der Waals surface area contributed by atoms with Gasteiger partial charge in [-0.05, 0) is 68.5 Å². The van der Waals surface area contributed by atoms with Crippen LogP contribution in [0.2, 0.25) is 5.02 Å². The van der Waals surface area contributed by atoms with E-state index in [0.717, 1.165) is 44.1 Å². The van der Waals surface area contributed by atoms with E-state index in [1.165, 1.54) is 12.8 Å². The molecule has 1 aromatic heterocycles. The molecule has 0 aliphatic carbocycles. The van der Waals surface area contributed by atoms with Crippen molar-refractivity contribution in [3.63, 3.8) is 0 Å². The van der Waals surface area contributed by atoms with Crippen molar-refractivity contribution in [1.29, 1.82) is 0 Å². The number of piperidine rings is 2. The van der Waals surface area contributed by atoms with Crippen LogP contribution in [0.4, 0.5) is 13.2 Å². The summed E-state index contributed by atoms with van der Waals surface area (Å²) in [4.78, 5) is 33.7. The summed E-state index contributed by atoms with van der Waals surface area (Å²) >= 11 is 5.58. The van der Waals surface area contributed by atoms with Crippen molar-refractivity contribution in [2.75, 3.05) is 26.2 Å². The number of amides is 2. The summed E-state index contributed by atoms with van der Waals surface area (Å²) in [5, 5.41) is 2.06. The molecule has 3 heterocycles. The SMILES string of the molecule is CC1CCCN(C2CCN(C(=O)c3ccc(C(=O)NCc4cc(C(F)(F)F)c(Cl)cn4)cc3)CC2)C1. The maximum atomic E-state index is 13.0. The second kappa shape index (κ2) is 11.2. The van der Waals surface area contributed by atoms with E-state index in [1.807, 2.05) is 4.90 Å². The highest BCUT2D eigenvalue weighted by molar-refractivity contribution is 6.31. The van der Waals surface area contributed by atoms with Crippen molar-refractivity contribution < 1.29 is 22.8 Å². The van der Waals surface area contributed by atoms with Gasteiger partial charge >= 0.3 is 6.18 Å². The third-order valence-electron chi connectivity index (χ3n) is 7.00. The monoisotopic (exact) mass is 522 g/mol. The van der Waals surface area contributed by atoms with Crippen LogP contribution in [-0.4, -0.2) is 58.8 Å². The molecule has 1 unspecified atom stereocenters. The Balaban J connectivity index is 1.29. The zero-order chi connectivity index (χ0) is 25.9. The summed E-state index contributed by atoms with van der Waals surface area (Å²) in [6.07, 6.45) is 0.774. The van der Waals surface area contributed by atoms with Crippen molar-refractivity contribution in [1.82, 2.24) is 20.1 Å². The molecule has 1 atom stereocenters. The van der Waals surface area contributed by atoms with E-state index in [-0.39, 0.29) is 18.1 Å². The first-order chi connectivity index (χ1) is 17.1. The van der Waals surface area contributed by atoms with Crippen LogP contribution in [0.25, 0.3) is 0 Å². The Kier molecular flexibility index (Phi) is 8.20. The van der Waals surface area contributed by atoms with Gasteiger partial charge in [0, 0.05) is 43.0 Å². The van der Waals surface area contributed by atoms with E-state index < -0.39 is 22.7 Å². The number of nitrogens with zero attached hydrogens (tertiary/aromatic N) is 3. The number of hydrogen-bond acceptors (Lipinski definition) is 4. The standard InChI is InChI=1S/C26H30ClF3N4O2/c1-17-3-2-10-34(16-17)21-8-11-33(12-9-21)25(36)19-6-4-18(5-7-19)24(35)32-14-20-13-22(26(28,29)30)23(27)15-31-20/h4-7,13,15,17,21H,2-3,8-12,14,16H2,1H3,(H,32,35). The van der Waals surface area contributed by atoms with E-state index in [9.17, 15) is 22.8 Å². The smallest absolute Gasteiger partial charge is 0.346 e. The lowest BCUT2D eigenvalue weighted by Gasteiger charge is -2.41. The summed E-state index contributed by atoms with van der Waals surface area (Å²) in [6.45, 7) is 5.82. The van der Waals surface area contributed by atoms with Gasteiger partial charge < -0.3 is 10.2 Å². The fourth-order valence-electron chi connectivity index (χ4n) is 5.01. The van der Waals surface area contributed by atoms with Crippen LogP contribution in [-0.2, 0) is 12.7 Å². The Morgan fingerprint density at radius 2 is 1.75 bits per heavy atom. The van der Waals surface area contributed by atoms with E-state index >= 15 is 0 Å². The predicted octanol–water partition coefficient (Wildman–Crippen LogP) is 5.02. The molecule has 0 saturated carbocycles. The molecule has 2 aliphatic heterocycles. The Morgan fingerprint density at radius 1 is 1.08 bits per heavy atom.